The number of amides is 1. The van der Waals surface area contributed by atoms with Gasteiger partial charge in [-0.15, -0.1) is 0 Å². The first-order chi connectivity index (χ1) is 9.16. The van der Waals surface area contributed by atoms with Crippen LogP contribution in [0.15, 0.2) is 24.3 Å². The fourth-order valence-electron chi connectivity index (χ4n) is 3.17. The van der Waals surface area contributed by atoms with E-state index in [2.05, 4.69) is 17.6 Å². The molecule has 1 saturated heterocycles. The maximum absolute atomic E-state index is 12.3. The van der Waals surface area contributed by atoms with Crippen molar-refractivity contribution in [2.75, 3.05) is 13.1 Å². The van der Waals surface area contributed by atoms with Gasteiger partial charge in [0, 0.05) is 13.0 Å². The van der Waals surface area contributed by atoms with Gasteiger partial charge in [-0.2, -0.15) is 0 Å². The van der Waals surface area contributed by atoms with Crippen molar-refractivity contribution in [1.82, 2.24) is 10.6 Å². The molecule has 0 radical (unpaired) electrons. The largest absolute Gasteiger partial charge is 0.390 e. The zero-order valence-electron chi connectivity index (χ0n) is 11.1. The number of hydrogen-bond acceptors (Lipinski definition) is 3. The van der Waals surface area contributed by atoms with Gasteiger partial charge in [-0.1, -0.05) is 31.2 Å². The SMILES string of the molecule is CC1CNCC1C(=O)N[C@@H]1c2ccccc2C[C@@H]1O. The van der Waals surface area contributed by atoms with E-state index in [0.29, 0.717) is 12.3 Å². The number of fused-ring (bicyclic) bond motifs is 1. The molecule has 3 N–H and O–H groups in total. The van der Waals surface area contributed by atoms with Crippen LogP contribution in [0.3, 0.4) is 0 Å². The summed E-state index contributed by atoms with van der Waals surface area (Å²) < 4.78 is 0. The van der Waals surface area contributed by atoms with Crippen LogP contribution < -0.4 is 10.6 Å². The first kappa shape index (κ1) is 12.6. The minimum atomic E-state index is -0.508. The lowest BCUT2D eigenvalue weighted by Crippen LogP contribution is -2.39. The van der Waals surface area contributed by atoms with Crippen LogP contribution in [0.25, 0.3) is 0 Å². The molecule has 0 bridgehead atoms. The third-order valence-corrected chi connectivity index (χ3v) is 4.36. The number of aliphatic hydroxyl groups is 1. The topological polar surface area (TPSA) is 61.4 Å². The lowest BCUT2D eigenvalue weighted by molar-refractivity contribution is -0.126. The van der Waals surface area contributed by atoms with Gasteiger partial charge < -0.3 is 15.7 Å². The van der Waals surface area contributed by atoms with Gasteiger partial charge in [-0.3, -0.25) is 4.79 Å². The van der Waals surface area contributed by atoms with Gasteiger partial charge in [0.2, 0.25) is 5.91 Å². The number of benzene rings is 1. The zero-order valence-corrected chi connectivity index (χ0v) is 11.1. The van der Waals surface area contributed by atoms with Crippen molar-refractivity contribution in [3.63, 3.8) is 0 Å². The molecule has 1 aliphatic carbocycles. The highest BCUT2D eigenvalue weighted by Gasteiger charge is 2.36. The van der Waals surface area contributed by atoms with Crippen LogP contribution in [0.4, 0.5) is 0 Å². The summed E-state index contributed by atoms with van der Waals surface area (Å²) in [5.74, 6) is 0.423. The Morgan fingerprint density at radius 1 is 1.37 bits per heavy atom. The number of aliphatic hydroxyl groups excluding tert-OH is 1. The minimum absolute atomic E-state index is 0.0139. The summed E-state index contributed by atoms with van der Waals surface area (Å²) in [5.41, 5.74) is 2.19. The van der Waals surface area contributed by atoms with Gasteiger partial charge in [0.1, 0.15) is 0 Å². The fourth-order valence-corrected chi connectivity index (χ4v) is 3.17. The smallest absolute Gasteiger partial charge is 0.225 e. The predicted molar refractivity (Wildman–Crippen MR) is 72.6 cm³/mol. The number of nitrogens with one attached hydrogen (secondary N) is 2. The molecule has 102 valence electrons. The van der Waals surface area contributed by atoms with Gasteiger partial charge in [-0.05, 0) is 23.6 Å². The molecule has 3 rings (SSSR count). The molecule has 2 aliphatic rings. The van der Waals surface area contributed by atoms with E-state index in [9.17, 15) is 9.90 Å². The highest BCUT2D eigenvalue weighted by molar-refractivity contribution is 5.80. The zero-order chi connectivity index (χ0) is 13.4. The Balaban J connectivity index is 1.75. The van der Waals surface area contributed by atoms with Crippen LogP contribution in [0, 0.1) is 11.8 Å². The van der Waals surface area contributed by atoms with E-state index in [1.807, 2.05) is 24.3 Å². The van der Waals surface area contributed by atoms with E-state index in [1.165, 1.54) is 0 Å². The molecule has 1 fully saturated rings. The van der Waals surface area contributed by atoms with Crippen molar-refractivity contribution in [3.8, 4) is 0 Å². The fraction of sp³-hybridized carbons (Fsp3) is 0.533. The summed E-state index contributed by atoms with van der Waals surface area (Å²) in [7, 11) is 0. The average Bonchev–Trinajstić information content (AvgIpc) is 2.94. The van der Waals surface area contributed by atoms with E-state index in [-0.39, 0.29) is 17.9 Å². The second-order valence-electron chi connectivity index (χ2n) is 5.70. The second-order valence-corrected chi connectivity index (χ2v) is 5.70. The summed E-state index contributed by atoms with van der Waals surface area (Å²) in [5, 5.41) is 16.4. The molecule has 1 aromatic rings. The monoisotopic (exact) mass is 260 g/mol. The summed E-state index contributed by atoms with van der Waals surface area (Å²) in [6.07, 6.45) is 0.116. The van der Waals surface area contributed by atoms with E-state index < -0.39 is 6.10 Å². The van der Waals surface area contributed by atoms with Crippen LogP contribution >= 0.6 is 0 Å². The van der Waals surface area contributed by atoms with E-state index >= 15 is 0 Å². The van der Waals surface area contributed by atoms with E-state index in [0.717, 1.165) is 24.2 Å². The highest BCUT2D eigenvalue weighted by atomic mass is 16.3. The van der Waals surface area contributed by atoms with Crippen LogP contribution in [0.5, 0.6) is 0 Å². The molecule has 19 heavy (non-hydrogen) atoms. The molecule has 1 aromatic carbocycles. The normalized spacial score (nSPS) is 33.2. The predicted octanol–water partition coefficient (Wildman–Crippen LogP) is 0.616. The molecule has 2 unspecified atom stereocenters. The number of rotatable bonds is 2. The van der Waals surface area contributed by atoms with Crippen LogP contribution in [0.2, 0.25) is 0 Å². The molecule has 4 atom stereocenters. The van der Waals surface area contributed by atoms with Crippen molar-refractivity contribution in [3.05, 3.63) is 35.4 Å². The van der Waals surface area contributed by atoms with Gasteiger partial charge in [0.15, 0.2) is 0 Å². The Labute approximate surface area is 113 Å². The maximum atomic E-state index is 12.3. The Bertz CT molecular complexity index is 489. The molecular formula is C15H20N2O2. The first-order valence-corrected chi connectivity index (χ1v) is 6.94. The summed E-state index contributed by atoms with van der Waals surface area (Å²) >= 11 is 0. The van der Waals surface area contributed by atoms with Crippen LogP contribution in [-0.4, -0.2) is 30.2 Å². The lowest BCUT2D eigenvalue weighted by Gasteiger charge is -2.21. The molecule has 1 heterocycles. The standard InChI is InChI=1S/C15H20N2O2/c1-9-7-16-8-12(9)15(19)17-14-11-5-3-2-4-10(11)6-13(14)18/h2-5,9,12-14,16,18H,6-8H2,1H3,(H,17,19)/t9?,12?,13-,14+/m0/s1. The van der Waals surface area contributed by atoms with Crippen molar-refractivity contribution < 1.29 is 9.90 Å². The van der Waals surface area contributed by atoms with Crippen molar-refractivity contribution in [2.45, 2.75) is 25.5 Å². The molecule has 1 aliphatic heterocycles. The highest BCUT2D eigenvalue weighted by Crippen LogP contribution is 2.31. The van der Waals surface area contributed by atoms with Crippen molar-refractivity contribution >= 4 is 5.91 Å². The van der Waals surface area contributed by atoms with Crippen molar-refractivity contribution in [1.29, 1.82) is 0 Å². The molecule has 4 nitrogen and oxygen atoms in total. The number of carbonyl (C=O) groups is 1. The molecule has 0 spiro atoms. The first-order valence-electron chi connectivity index (χ1n) is 6.94. The summed E-state index contributed by atoms with van der Waals surface area (Å²) in [6.45, 7) is 3.71. The lowest BCUT2D eigenvalue weighted by atomic mass is 9.96. The van der Waals surface area contributed by atoms with Crippen LogP contribution in [0.1, 0.15) is 24.1 Å². The van der Waals surface area contributed by atoms with Gasteiger partial charge in [-0.25, -0.2) is 0 Å². The molecule has 1 amide bonds. The Kier molecular flexibility index (Phi) is 3.29. The number of carbonyl (C=O) groups excluding carboxylic acids is 1. The minimum Gasteiger partial charge on any atom is -0.390 e. The Hall–Kier alpha value is -1.39. The molecule has 0 aromatic heterocycles. The summed E-state index contributed by atoms with van der Waals surface area (Å²) in [4.78, 5) is 12.3. The Morgan fingerprint density at radius 3 is 2.89 bits per heavy atom. The second kappa shape index (κ2) is 4.94. The maximum Gasteiger partial charge on any atom is 0.225 e. The third-order valence-electron chi connectivity index (χ3n) is 4.36. The molecule has 4 heteroatoms. The van der Waals surface area contributed by atoms with Gasteiger partial charge in [0.25, 0.3) is 0 Å². The molecule has 0 saturated carbocycles. The van der Waals surface area contributed by atoms with Gasteiger partial charge >= 0.3 is 0 Å². The van der Waals surface area contributed by atoms with E-state index in [4.69, 9.17) is 0 Å². The van der Waals surface area contributed by atoms with Gasteiger partial charge in [0.05, 0.1) is 18.1 Å². The third kappa shape index (κ3) is 2.26. The number of hydrogen-bond donors (Lipinski definition) is 3. The molecular weight excluding hydrogens is 240 g/mol. The quantitative estimate of drug-likeness (QED) is 0.730. The van der Waals surface area contributed by atoms with E-state index in [1.54, 1.807) is 0 Å². The van der Waals surface area contributed by atoms with Crippen molar-refractivity contribution in [2.24, 2.45) is 11.8 Å². The summed E-state index contributed by atoms with van der Waals surface area (Å²) in [6, 6.07) is 7.68. The average molecular weight is 260 g/mol. The Morgan fingerprint density at radius 2 is 2.16 bits per heavy atom. The van der Waals surface area contributed by atoms with Crippen LogP contribution in [-0.2, 0) is 11.2 Å².